The number of benzene rings is 1. The van der Waals surface area contributed by atoms with Gasteiger partial charge in [-0.1, -0.05) is 0 Å². The number of anilines is 1. The highest BCUT2D eigenvalue weighted by atomic mass is 19.4. The van der Waals surface area contributed by atoms with Gasteiger partial charge in [0, 0.05) is 25.2 Å². The van der Waals surface area contributed by atoms with Crippen molar-refractivity contribution in [2.24, 2.45) is 7.05 Å². The molecule has 0 aliphatic rings. The Hall–Kier alpha value is -3.63. The molecule has 0 aliphatic heterocycles. The highest BCUT2D eigenvalue weighted by Crippen LogP contribution is 2.36. The molecule has 0 amide bonds. The summed E-state index contributed by atoms with van der Waals surface area (Å²) in [6.45, 7) is 1.82. The number of aromatic nitrogens is 6. The molecule has 0 saturated heterocycles. The van der Waals surface area contributed by atoms with Crippen LogP contribution in [0.15, 0.2) is 36.8 Å². The van der Waals surface area contributed by atoms with Crippen molar-refractivity contribution in [1.29, 1.82) is 0 Å². The third-order valence-electron chi connectivity index (χ3n) is 4.39. The monoisotopic (exact) mass is 403 g/mol. The third-order valence-corrected chi connectivity index (χ3v) is 4.39. The summed E-state index contributed by atoms with van der Waals surface area (Å²) in [5.74, 6) is 0.969. The first kappa shape index (κ1) is 18.7. The van der Waals surface area contributed by atoms with Gasteiger partial charge < -0.3 is 10.1 Å². The number of fused-ring (bicyclic) bond motifs is 1. The normalized spacial score (nSPS) is 11.8. The fourth-order valence-corrected chi connectivity index (χ4v) is 3.21. The molecule has 4 rings (SSSR count). The Bertz CT molecular complexity index is 1180. The van der Waals surface area contributed by atoms with E-state index in [0.29, 0.717) is 39.7 Å². The summed E-state index contributed by atoms with van der Waals surface area (Å²) in [4.78, 5) is 8.87. The molecule has 0 spiro atoms. The number of hydrogen-bond acceptors (Lipinski definition) is 6. The Kier molecular flexibility index (Phi) is 4.36. The van der Waals surface area contributed by atoms with Crippen LogP contribution in [0.1, 0.15) is 5.82 Å². The van der Waals surface area contributed by atoms with E-state index in [4.69, 9.17) is 0 Å². The number of ether oxygens (including phenoxy) is 1. The molecular formula is C18H16F3N7O. The number of halogens is 3. The maximum atomic E-state index is 12.4. The van der Waals surface area contributed by atoms with E-state index in [1.54, 1.807) is 41.6 Å². The smallest absolute Gasteiger partial charge is 0.406 e. The molecule has 3 aromatic heterocycles. The Morgan fingerprint density at radius 3 is 2.48 bits per heavy atom. The number of nitrogens with zero attached hydrogens (tertiary/aromatic N) is 6. The van der Waals surface area contributed by atoms with Crippen LogP contribution >= 0.6 is 0 Å². The van der Waals surface area contributed by atoms with Gasteiger partial charge in [0.25, 0.3) is 0 Å². The Balaban J connectivity index is 1.85. The van der Waals surface area contributed by atoms with Crippen LogP contribution in [0.5, 0.6) is 5.75 Å². The van der Waals surface area contributed by atoms with Gasteiger partial charge in [-0.15, -0.1) is 13.2 Å². The summed E-state index contributed by atoms with van der Waals surface area (Å²) in [6.07, 6.45) is -1.65. The zero-order valence-electron chi connectivity index (χ0n) is 15.7. The molecule has 29 heavy (non-hydrogen) atoms. The fraction of sp³-hybridized carbons (Fsp3) is 0.222. The average molecular weight is 403 g/mol. The van der Waals surface area contributed by atoms with Crippen LogP contribution < -0.4 is 10.1 Å². The van der Waals surface area contributed by atoms with Gasteiger partial charge in [0.1, 0.15) is 29.1 Å². The number of imidazole rings is 1. The van der Waals surface area contributed by atoms with Gasteiger partial charge in [0.05, 0.1) is 11.9 Å². The Morgan fingerprint density at radius 1 is 1.10 bits per heavy atom. The molecule has 0 atom stereocenters. The number of alkyl halides is 3. The molecule has 1 aromatic carbocycles. The van der Waals surface area contributed by atoms with Crippen molar-refractivity contribution in [3.8, 4) is 28.3 Å². The van der Waals surface area contributed by atoms with Crippen molar-refractivity contribution in [3.63, 3.8) is 0 Å². The van der Waals surface area contributed by atoms with E-state index < -0.39 is 6.36 Å². The van der Waals surface area contributed by atoms with Crippen molar-refractivity contribution in [2.45, 2.75) is 13.3 Å². The SMILES string of the molecule is CNc1ncnn2c(C)nc(-c3cnn(C)c3-c3ccc(OC(F)(F)F)cc3)c12. The zero-order chi connectivity index (χ0) is 20.8. The standard InChI is InChI=1S/C18H16F3N7O/c1-10-26-14(16-17(22-2)23-9-25-28(10)16)13-8-24-27(3)15(13)11-4-6-12(7-5-11)29-18(19,20)21/h4-9H,1-3H3,(H,22,23,25). The molecule has 0 bridgehead atoms. The summed E-state index contributed by atoms with van der Waals surface area (Å²) >= 11 is 0. The lowest BCUT2D eigenvalue weighted by Gasteiger charge is -2.10. The quantitative estimate of drug-likeness (QED) is 0.562. The van der Waals surface area contributed by atoms with Crippen molar-refractivity contribution in [3.05, 3.63) is 42.6 Å². The largest absolute Gasteiger partial charge is 0.573 e. The van der Waals surface area contributed by atoms with Crippen LogP contribution in [0.3, 0.4) is 0 Å². The molecule has 4 aromatic rings. The molecule has 0 fully saturated rings. The van der Waals surface area contributed by atoms with E-state index in [2.05, 4.69) is 30.2 Å². The minimum Gasteiger partial charge on any atom is -0.406 e. The highest BCUT2D eigenvalue weighted by Gasteiger charge is 2.31. The van der Waals surface area contributed by atoms with Crippen LogP contribution in [-0.2, 0) is 7.05 Å². The van der Waals surface area contributed by atoms with Gasteiger partial charge in [-0.3, -0.25) is 4.68 Å². The second kappa shape index (κ2) is 6.76. The van der Waals surface area contributed by atoms with E-state index in [1.807, 2.05) is 6.92 Å². The molecule has 3 heterocycles. The first-order valence-electron chi connectivity index (χ1n) is 8.55. The second-order valence-electron chi connectivity index (χ2n) is 6.23. The van der Waals surface area contributed by atoms with Crippen LogP contribution in [-0.4, -0.2) is 42.8 Å². The molecule has 0 radical (unpaired) electrons. The lowest BCUT2D eigenvalue weighted by molar-refractivity contribution is -0.274. The van der Waals surface area contributed by atoms with Gasteiger partial charge >= 0.3 is 6.36 Å². The van der Waals surface area contributed by atoms with Gasteiger partial charge in [-0.25, -0.2) is 14.5 Å². The van der Waals surface area contributed by atoms with E-state index in [-0.39, 0.29) is 5.75 Å². The second-order valence-corrected chi connectivity index (χ2v) is 6.23. The van der Waals surface area contributed by atoms with Crippen molar-refractivity contribution >= 4 is 11.3 Å². The van der Waals surface area contributed by atoms with Gasteiger partial charge in [0.15, 0.2) is 5.82 Å². The summed E-state index contributed by atoms with van der Waals surface area (Å²) in [7, 11) is 3.50. The molecule has 150 valence electrons. The molecule has 0 aliphatic carbocycles. The van der Waals surface area contributed by atoms with Crippen molar-refractivity contribution in [1.82, 2.24) is 29.4 Å². The van der Waals surface area contributed by atoms with Crippen LogP contribution in [0, 0.1) is 6.92 Å². The Labute approximate surface area is 163 Å². The van der Waals surface area contributed by atoms with Gasteiger partial charge in [-0.05, 0) is 31.2 Å². The molecule has 0 saturated carbocycles. The molecule has 1 N–H and O–H groups in total. The minimum atomic E-state index is -4.74. The molecule has 11 heteroatoms. The van der Waals surface area contributed by atoms with Crippen LogP contribution in [0.25, 0.3) is 28.0 Å². The van der Waals surface area contributed by atoms with Crippen LogP contribution in [0.2, 0.25) is 0 Å². The lowest BCUT2D eigenvalue weighted by Crippen LogP contribution is -2.16. The maximum Gasteiger partial charge on any atom is 0.573 e. The number of nitrogens with one attached hydrogen (secondary N) is 1. The van der Waals surface area contributed by atoms with Crippen molar-refractivity contribution in [2.75, 3.05) is 12.4 Å². The van der Waals surface area contributed by atoms with E-state index >= 15 is 0 Å². The summed E-state index contributed by atoms with van der Waals surface area (Å²) in [5, 5.41) is 11.6. The highest BCUT2D eigenvalue weighted by molar-refractivity contribution is 5.91. The average Bonchev–Trinajstić information content (AvgIpc) is 3.21. The number of aryl methyl sites for hydroxylation is 2. The number of hydrogen-bond donors (Lipinski definition) is 1. The Morgan fingerprint density at radius 2 is 1.83 bits per heavy atom. The van der Waals surface area contributed by atoms with E-state index in [1.165, 1.54) is 18.5 Å². The maximum absolute atomic E-state index is 12.4. The van der Waals surface area contributed by atoms with Gasteiger partial charge in [0.2, 0.25) is 0 Å². The zero-order valence-corrected chi connectivity index (χ0v) is 15.7. The van der Waals surface area contributed by atoms with Crippen LogP contribution in [0.4, 0.5) is 19.0 Å². The molecule has 8 nitrogen and oxygen atoms in total. The summed E-state index contributed by atoms with van der Waals surface area (Å²) < 4.78 is 44.5. The molecule has 0 unspecified atom stereocenters. The first-order chi connectivity index (χ1) is 13.8. The lowest BCUT2D eigenvalue weighted by atomic mass is 10.0. The van der Waals surface area contributed by atoms with E-state index in [9.17, 15) is 13.2 Å². The topological polar surface area (TPSA) is 82.2 Å². The fourth-order valence-electron chi connectivity index (χ4n) is 3.21. The summed E-state index contributed by atoms with van der Waals surface area (Å²) in [5.41, 5.74) is 3.35. The van der Waals surface area contributed by atoms with Gasteiger partial charge in [-0.2, -0.15) is 10.2 Å². The summed E-state index contributed by atoms with van der Waals surface area (Å²) in [6, 6.07) is 5.61. The number of rotatable bonds is 4. The predicted molar refractivity (Wildman–Crippen MR) is 99.4 cm³/mol. The molecular weight excluding hydrogens is 387 g/mol. The van der Waals surface area contributed by atoms with E-state index in [0.717, 1.165) is 0 Å². The third kappa shape index (κ3) is 3.35. The first-order valence-corrected chi connectivity index (χ1v) is 8.55. The van der Waals surface area contributed by atoms with Crippen molar-refractivity contribution < 1.29 is 17.9 Å². The predicted octanol–water partition coefficient (Wildman–Crippen LogP) is 3.44. The minimum absolute atomic E-state index is 0.292.